The van der Waals surface area contributed by atoms with Gasteiger partial charge < -0.3 is 20.2 Å². The number of aromatic amines is 1. The molecule has 0 spiro atoms. The number of anilines is 3. The lowest BCUT2D eigenvalue weighted by atomic mass is 10.0. The van der Waals surface area contributed by atoms with Crippen LogP contribution in [0.25, 0.3) is 16.9 Å². The Balaban J connectivity index is 1.13. The van der Waals surface area contributed by atoms with E-state index in [-0.39, 0.29) is 0 Å². The van der Waals surface area contributed by atoms with E-state index >= 15 is 0 Å². The van der Waals surface area contributed by atoms with Crippen LogP contribution >= 0.6 is 0 Å². The average molecular weight is 466 g/mol. The average Bonchev–Trinajstić information content (AvgIpc) is 3.59. The summed E-state index contributed by atoms with van der Waals surface area (Å²) in [6, 6.07) is 19.1. The fourth-order valence-electron chi connectivity index (χ4n) is 4.52. The molecule has 3 aromatic heterocycles. The van der Waals surface area contributed by atoms with Crippen molar-refractivity contribution >= 4 is 28.6 Å². The molecule has 0 saturated carbocycles. The van der Waals surface area contributed by atoms with Crippen LogP contribution in [0.5, 0.6) is 0 Å². The van der Waals surface area contributed by atoms with Gasteiger partial charge in [-0.15, -0.1) is 0 Å². The van der Waals surface area contributed by atoms with Gasteiger partial charge in [-0.05, 0) is 42.7 Å². The summed E-state index contributed by atoms with van der Waals surface area (Å²) in [5.41, 5.74) is 4.78. The zero-order valence-electron chi connectivity index (χ0n) is 19.3. The van der Waals surface area contributed by atoms with E-state index < -0.39 is 0 Å². The highest BCUT2D eigenvalue weighted by Gasteiger charge is 2.21. The van der Waals surface area contributed by atoms with Crippen molar-refractivity contribution in [2.75, 3.05) is 23.7 Å². The van der Waals surface area contributed by atoms with Crippen molar-refractivity contribution in [3.63, 3.8) is 0 Å². The Hall–Kier alpha value is -4.24. The quantitative estimate of drug-likeness (QED) is 0.328. The monoisotopic (exact) mass is 465 g/mol. The van der Waals surface area contributed by atoms with Crippen LogP contribution < -0.4 is 10.6 Å². The van der Waals surface area contributed by atoms with Gasteiger partial charge in [0, 0.05) is 49.4 Å². The number of nitrogens with one attached hydrogen (secondary N) is 3. The maximum Gasteiger partial charge on any atom is 0.231 e. The predicted molar refractivity (Wildman–Crippen MR) is 137 cm³/mol. The molecular weight excluding hydrogens is 438 g/mol. The Morgan fingerprint density at radius 2 is 1.80 bits per heavy atom. The lowest BCUT2D eigenvalue weighted by Crippen LogP contribution is -2.38. The Morgan fingerprint density at radius 3 is 2.57 bits per heavy atom. The van der Waals surface area contributed by atoms with Gasteiger partial charge >= 0.3 is 0 Å². The molecule has 176 valence electrons. The minimum Gasteiger partial charge on any atom is -0.365 e. The molecule has 0 aliphatic carbocycles. The van der Waals surface area contributed by atoms with Gasteiger partial charge in [0.05, 0.1) is 12.7 Å². The number of H-pyrrole nitrogens is 1. The third-order valence-electron chi connectivity index (χ3n) is 6.39. The first-order chi connectivity index (χ1) is 17.3. The molecule has 0 radical (unpaired) electrons. The first-order valence-corrected chi connectivity index (χ1v) is 11.9. The first-order valence-electron chi connectivity index (χ1n) is 11.9. The molecule has 0 unspecified atom stereocenters. The van der Waals surface area contributed by atoms with Gasteiger partial charge in [-0.1, -0.05) is 30.3 Å². The minimum absolute atomic E-state index is 0.353. The Morgan fingerprint density at radius 1 is 0.971 bits per heavy atom. The van der Waals surface area contributed by atoms with Crippen LogP contribution in [0, 0.1) is 0 Å². The van der Waals surface area contributed by atoms with Crippen molar-refractivity contribution in [1.29, 1.82) is 0 Å². The van der Waals surface area contributed by atoms with Crippen molar-refractivity contribution in [2.45, 2.75) is 25.4 Å². The molecule has 1 fully saturated rings. The van der Waals surface area contributed by atoms with E-state index in [1.807, 2.05) is 35.0 Å². The number of nitrogens with zero attached hydrogens (tertiary/aromatic N) is 6. The van der Waals surface area contributed by atoms with Crippen LogP contribution in [0.15, 0.2) is 79.6 Å². The molecule has 0 atom stereocenters. The molecule has 35 heavy (non-hydrogen) atoms. The SMILES string of the molecule is c1ccc(CN2CCC(Nc3nc(Nc4ccc(-n5ccnc5)cc4)nc4nc[nH]c34)CC2)cc1. The second-order valence-electron chi connectivity index (χ2n) is 8.82. The summed E-state index contributed by atoms with van der Waals surface area (Å²) in [5, 5.41) is 6.97. The van der Waals surface area contributed by atoms with Crippen molar-refractivity contribution in [3.05, 3.63) is 85.2 Å². The highest BCUT2D eigenvalue weighted by Crippen LogP contribution is 2.25. The molecule has 5 aromatic rings. The minimum atomic E-state index is 0.353. The smallest absolute Gasteiger partial charge is 0.231 e. The van der Waals surface area contributed by atoms with E-state index in [2.05, 4.69) is 65.8 Å². The molecule has 9 heteroatoms. The Kier molecular flexibility index (Phi) is 5.82. The van der Waals surface area contributed by atoms with Crippen LogP contribution in [0.4, 0.5) is 17.5 Å². The van der Waals surface area contributed by atoms with Crippen LogP contribution in [-0.4, -0.2) is 53.5 Å². The van der Waals surface area contributed by atoms with Crippen LogP contribution in [-0.2, 0) is 6.54 Å². The number of fused-ring (bicyclic) bond motifs is 1. The maximum absolute atomic E-state index is 4.79. The third-order valence-corrected chi connectivity index (χ3v) is 6.39. The third kappa shape index (κ3) is 4.85. The number of aromatic nitrogens is 6. The predicted octanol–water partition coefficient (Wildman–Crippen LogP) is 4.36. The summed E-state index contributed by atoms with van der Waals surface area (Å²) in [6.45, 7) is 3.11. The van der Waals surface area contributed by atoms with Gasteiger partial charge in [0.2, 0.25) is 5.95 Å². The molecule has 0 amide bonds. The number of hydrogen-bond donors (Lipinski definition) is 3. The van der Waals surface area contributed by atoms with Crippen molar-refractivity contribution in [1.82, 2.24) is 34.4 Å². The fourth-order valence-corrected chi connectivity index (χ4v) is 4.52. The largest absolute Gasteiger partial charge is 0.365 e. The fraction of sp³-hybridized carbons (Fsp3) is 0.231. The van der Waals surface area contributed by atoms with Gasteiger partial charge in [0.25, 0.3) is 0 Å². The summed E-state index contributed by atoms with van der Waals surface area (Å²) >= 11 is 0. The van der Waals surface area contributed by atoms with E-state index in [0.717, 1.165) is 55.2 Å². The molecule has 1 aliphatic heterocycles. The summed E-state index contributed by atoms with van der Waals surface area (Å²) in [5.74, 6) is 1.30. The molecule has 3 N–H and O–H groups in total. The highest BCUT2D eigenvalue weighted by molar-refractivity contribution is 5.84. The van der Waals surface area contributed by atoms with Crippen molar-refractivity contribution in [2.24, 2.45) is 0 Å². The Labute approximate surface area is 203 Å². The van der Waals surface area contributed by atoms with Crippen LogP contribution in [0.1, 0.15) is 18.4 Å². The molecule has 0 bridgehead atoms. The van der Waals surface area contributed by atoms with Crippen LogP contribution in [0.3, 0.4) is 0 Å². The zero-order valence-corrected chi connectivity index (χ0v) is 19.3. The van der Waals surface area contributed by atoms with E-state index in [9.17, 15) is 0 Å². The normalized spacial score (nSPS) is 14.9. The number of rotatable bonds is 7. The maximum atomic E-state index is 4.79. The lowest BCUT2D eigenvalue weighted by molar-refractivity contribution is 0.211. The lowest BCUT2D eigenvalue weighted by Gasteiger charge is -2.32. The number of likely N-dealkylation sites (tertiary alicyclic amines) is 1. The first kappa shape index (κ1) is 21.3. The van der Waals surface area contributed by atoms with Crippen LogP contribution in [0.2, 0.25) is 0 Å². The highest BCUT2D eigenvalue weighted by atomic mass is 15.2. The topological polar surface area (TPSA) is 99.6 Å². The molecule has 6 rings (SSSR count). The second-order valence-corrected chi connectivity index (χ2v) is 8.82. The van der Waals surface area contributed by atoms with Gasteiger partial charge in [-0.25, -0.2) is 9.97 Å². The summed E-state index contributed by atoms with van der Waals surface area (Å²) in [7, 11) is 0. The van der Waals surface area contributed by atoms with E-state index in [1.54, 1.807) is 18.9 Å². The summed E-state index contributed by atoms with van der Waals surface area (Å²) < 4.78 is 1.96. The summed E-state index contributed by atoms with van der Waals surface area (Å²) in [6.07, 6.45) is 9.25. The van der Waals surface area contributed by atoms with Crippen molar-refractivity contribution in [3.8, 4) is 5.69 Å². The zero-order chi connectivity index (χ0) is 23.5. The van der Waals surface area contributed by atoms with Gasteiger partial charge in [0.15, 0.2) is 11.5 Å². The van der Waals surface area contributed by atoms with Gasteiger partial charge in [-0.3, -0.25) is 4.90 Å². The molecule has 9 nitrogen and oxygen atoms in total. The molecule has 1 saturated heterocycles. The molecular formula is C26H27N9. The van der Waals surface area contributed by atoms with Gasteiger partial charge in [0.1, 0.15) is 5.52 Å². The van der Waals surface area contributed by atoms with Crippen molar-refractivity contribution < 1.29 is 0 Å². The van der Waals surface area contributed by atoms with Gasteiger partial charge in [-0.2, -0.15) is 9.97 Å². The Bertz CT molecular complexity index is 1370. The molecule has 1 aliphatic rings. The second kappa shape index (κ2) is 9.55. The van der Waals surface area contributed by atoms with E-state index in [0.29, 0.717) is 17.6 Å². The van der Waals surface area contributed by atoms with E-state index in [4.69, 9.17) is 4.98 Å². The summed E-state index contributed by atoms with van der Waals surface area (Å²) in [4.78, 5) is 23.6. The molecule has 2 aromatic carbocycles. The number of benzene rings is 2. The molecule has 4 heterocycles. The van der Waals surface area contributed by atoms with E-state index in [1.165, 1.54) is 5.56 Å². The number of piperidine rings is 1. The standard InChI is InChI=1S/C26H27N9/c1-2-4-19(5-3-1)16-34-13-10-21(11-14-34)30-25-23-24(29-17-28-23)32-26(33-25)31-20-6-8-22(9-7-20)35-15-12-27-18-35/h1-9,12,15,17-18,21H,10-11,13-14,16H2,(H3,28,29,30,31,32,33). The number of hydrogen-bond acceptors (Lipinski definition) is 7. The number of imidazole rings is 2.